The van der Waals surface area contributed by atoms with Crippen molar-refractivity contribution in [2.75, 3.05) is 26.2 Å². The van der Waals surface area contributed by atoms with E-state index in [1.54, 1.807) is 0 Å². The van der Waals surface area contributed by atoms with Crippen LogP contribution in [-0.4, -0.2) is 48.3 Å². The predicted octanol–water partition coefficient (Wildman–Crippen LogP) is 1.86. The van der Waals surface area contributed by atoms with Gasteiger partial charge in [-0.25, -0.2) is 0 Å². The normalized spacial score (nSPS) is 24.2. The highest BCUT2D eigenvalue weighted by Gasteiger charge is 2.22. The van der Waals surface area contributed by atoms with Crippen molar-refractivity contribution in [1.29, 1.82) is 0 Å². The van der Waals surface area contributed by atoms with E-state index in [-0.39, 0.29) is 6.10 Å². The Morgan fingerprint density at radius 3 is 2.71 bits per heavy atom. The summed E-state index contributed by atoms with van der Waals surface area (Å²) >= 11 is 0. The second kappa shape index (κ2) is 8.06. The first-order chi connectivity index (χ1) is 8.13. The molecule has 1 aliphatic rings. The molecule has 1 rings (SSSR count). The first-order valence-electron chi connectivity index (χ1n) is 7.26. The van der Waals surface area contributed by atoms with Crippen LogP contribution in [0.1, 0.15) is 46.5 Å². The Labute approximate surface area is 107 Å². The van der Waals surface area contributed by atoms with Gasteiger partial charge in [-0.1, -0.05) is 27.2 Å². The molecule has 0 aromatic carbocycles. The highest BCUT2D eigenvalue weighted by molar-refractivity contribution is 4.78. The molecule has 0 saturated carbocycles. The van der Waals surface area contributed by atoms with Crippen LogP contribution in [-0.2, 0) is 0 Å². The smallest absolute Gasteiger partial charge is 0.0791 e. The van der Waals surface area contributed by atoms with E-state index < -0.39 is 0 Å². The number of hydrogen-bond acceptors (Lipinski definition) is 3. The lowest BCUT2D eigenvalue weighted by molar-refractivity contribution is 0.0655. The first kappa shape index (κ1) is 14.9. The van der Waals surface area contributed by atoms with Crippen molar-refractivity contribution >= 4 is 0 Å². The van der Waals surface area contributed by atoms with Crippen LogP contribution in [0, 0.1) is 5.92 Å². The standard InChI is InChI=1S/C14H30N2O/c1-4-13-7-5-6-8-16(13)11-14(17)10-15-9-12(2)3/h12-15,17H,4-11H2,1-3H3. The number of hydrogen-bond donors (Lipinski definition) is 2. The lowest BCUT2D eigenvalue weighted by Gasteiger charge is -2.36. The minimum Gasteiger partial charge on any atom is -0.390 e. The monoisotopic (exact) mass is 242 g/mol. The van der Waals surface area contributed by atoms with Gasteiger partial charge in [0.1, 0.15) is 0 Å². The maximum Gasteiger partial charge on any atom is 0.0791 e. The molecule has 2 N–H and O–H groups in total. The Bertz CT molecular complexity index is 197. The number of aliphatic hydroxyl groups excluding tert-OH is 1. The van der Waals surface area contributed by atoms with E-state index in [2.05, 4.69) is 31.0 Å². The first-order valence-corrected chi connectivity index (χ1v) is 7.26. The topological polar surface area (TPSA) is 35.5 Å². The zero-order chi connectivity index (χ0) is 12.7. The highest BCUT2D eigenvalue weighted by atomic mass is 16.3. The molecule has 0 amide bonds. The van der Waals surface area contributed by atoms with Gasteiger partial charge in [-0.15, -0.1) is 0 Å². The lowest BCUT2D eigenvalue weighted by atomic mass is 9.99. The summed E-state index contributed by atoms with van der Waals surface area (Å²) in [5.74, 6) is 0.653. The van der Waals surface area contributed by atoms with Gasteiger partial charge < -0.3 is 10.4 Å². The summed E-state index contributed by atoms with van der Waals surface area (Å²) in [6.45, 7) is 10.4. The number of rotatable bonds is 7. The maximum atomic E-state index is 10.0. The van der Waals surface area contributed by atoms with Crippen molar-refractivity contribution in [3.63, 3.8) is 0 Å². The van der Waals surface area contributed by atoms with Crippen LogP contribution >= 0.6 is 0 Å². The Hall–Kier alpha value is -0.120. The third-order valence-corrected chi connectivity index (χ3v) is 3.60. The second-order valence-corrected chi connectivity index (χ2v) is 5.76. The van der Waals surface area contributed by atoms with E-state index in [1.165, 1.54) is 32.2 Å². The van der Waals surface area contributed by atoms with Crippen molar-refractivity contribution < 1.29 is 5.11 Å². The molecule has 3 nitrogen and oxygen atoms in total. The molecule has 1 aliphatic heterocycles. The van der Waals surface area contributed by atoms with Crippen LogP contribution in [0.15, 0.2) is 0 Å². The van der Waals surface area contributed by atoms with Gasteiger partial charge in [-0.3, -0.25) is 4.90 Å². The van der Waals surface area contributed by atoms with Crippen molar-refractivity contribution in [1.82, 2.24) is 10.2 Å². The van der Waals surface area contributed by atoms with Gasteiger partial charge in [0, 0.05) is 19.1 Å². The van der Waals surface area contributed by atoms with E-state index in [1.807, 2.05) is 0 Å². The number of aliphatic hydroxyl groups is 1. The Morgan fingerprint density at radius 2 is 2.06 bits per heavy atom. The fourth-order valence-corrected chi connectivity index (χ4v) is 2.64. The Balaban J connectivity index is 2.21. The van der Waals surface area contributed by atoms with Gasteiger partial charge in [-0.05, 0) is 38.3 Å². The molecule has 1 heterocycles. The molecule has 2 atom stereocenters. The number of β-amino-alcohol motifs (C(OH)–C–C–N with tert-alkyl or cyclic N) is 1. The molecule has 17 heavy (non-hydrogen) atoms. The van der Waals surface area contributed by atoms with Gasteiger partial charge in [0.25, 0.3) is 0 Å². The summed E-state index contributed by atoms with van der Waals surface area (Å²) < 4.78 is 0. The molecule has 0 radical (unpaired) electrons. The average molecular weight is 242 g/mol. The molecule has 3 heteroatoms. The molecule has 2 unspecified atom stereocenters. The fraction of sp³-hybridized carbons (Fsp3) is 1.00. The molecule has 102 valence electrons. The summed E-state index contributed by atoms with van der Waals surface area (Å²) in [5.41, 5.74) is 0. The molecule has 0 aliphatic carbocycles. The van der Waals surface area contributed by atoms with Crippen LogP contribution in [0.3, 0.4) is 0 Å². The summed E-state index contributed by atoms with van der Waals surface area (Å²) in [5, 5.41) is 13.4. The van der Waals surface area contributed by atoms with Crippen LogP contribution in [0.4, 0.5) is 0 Å². The summed E-state index contributed by atoms with van der Waals surface area (Å²) in [7, 11) is 0. The molecule has 0 bridgehead atoms. The van der Waals surface area contributed by atoms with Crippen molar-refractivity contribution in [2.45, 2.75) is 58.6 Å². The fourth-order valence-electron chi connectivity index (χ4n) is 2.64. The minimum absolute atomic E-state index is 0.221. The summed E-state index contributed by atoms with van der Waals surface area (Å²) in [4.78, 5) is 2.48. The number of nitrogens with zero attached hydrogens (tertiary/aromatic N) is 1. The summed E-state index contributed by atoms with van der Waals surface area (Å²) in [6.07, 6.45) is 4.95. The zero-order valence-electron chi connectivity index (χ0n) is 11.8. The van der Waals surface area contributed by atoms with Crippen LogP contribution in [0.2, 0.25) is 0 Å². The third-order valence-electron chi connectivity index (χ3n) is 3.60. The molecule has 0 aromatic rings. The van der Waals surface area contributed by atoms with Crippen molar-refractivity contribution in [3.05, 3.63) is 0 Å². The molecule has 1 fully saturated rings. The van der Waals surface area contributed by atoms with Crippen LogP contribution in [0.5, 0.6) is 0 Å². The van der Waals surface area contributed by atoms with Gasteiger partial charge in [-0.2, -0.15) is 0 Å². The maximum absolute atomic E-state index is 10.0. The van der Waals surface area contributed by atoms with E-state index in [0.717, 1.165) is 19.6 Å². The zero-order valence-corrected chi connectivity index (χ0v) is 11.8. The largest absolute Gasteiger partial charge is 0.390 e. The van der Waals surface area contributed by atoms with E-state index in [9.17, 15) is 5.11 Å². The quantitative estimate of drug-likeness (QED) is 0.715. The van der Waals surface area contributed by atoms with Gasteiger partial charge in [0.2, 0.25) is 0 Å². The van der Waals surface area contributed by atoms with E-state index in [0.29, 0.717) is 12.0 Å². The molecular formula is C14H30N2O. The molecule has 1 saturated heterocycles. The van der Waals surface area contributed by atoms with E-state index in [4.69, 9.17) is 0 Å². The minimum atomic E-state index is -0.221. The molecular weight excluding hydrogens is 212 g/mol. The van der Waals surface area contributed by atoms with Crippen molar-refractivity contribution in [3.8, 4) is 0 Å². The SMILES string of the molecule is CCC1CCCCN1CC(O)CNCC(C)C. The van der Waals surface area contributed by atoms with Crippen LogP contribution < -0.4 is 5.32 Å². The van der Waals surface area contributed by atoms with Crippen LogP contribution in [0.25, 0.3) is 0 Å². The van der Waals surface area contributed by atoms with Gasteiger partial charge in [0.05, 0.1) is 6.10 Å². The number of nitrogens with one attached hydrogen (secondary N) is 1. The Morgan fingerprint density at radius 1 is 1.29 bits per heavy atom. The average Bonchev–Trinajstić information content (AvgIpc) is 2.29. The summed E-state index contributed by atoms with van der Waals surface area (Å²) in [6, 6.07) is 0.698. The van der Waals surface area contributed by atoms with E-state index >= 15 is 0 Å². The second-order valence-electron chi connectivity index (χ2n) is 5.76. The van der Waals surface area contributed by atoms with Gasteiger partial charge in [0.15, 0.2) is 0 Å². The number of piperidine rings is 1. The highest BCUT2D eigenvalue weighted by Crippen LogP contribution is 2.19. The number of likely N-dealkylation sites (tertiary alicyclic amines) is 1. The van der Waals surface area contributed by atoms with Crippen molar-refractivity contribution in [2.24, 2.45) is 5.92 Å². The third kappa shape index (κ3) is 5.84. The Kier molecular flexibility index (Phi) is 7.09. The van der Waals surface area contributed by atoms with Gasteiger partial charge >= 0.3 is 0 Å². The lowest BCUT2D eigenvalue weighted by Crippen LogP contribution is -2.46. The predicted molar refractivity (Wildman–Crippen MR) is 73.2 cm³/mol. The molecule has 0 spiro atoms. The molecule has 0 aromatic heterocycles.